The second kappa shape index (κ2) is 4.96. The van der Waals surface area contributed by atoms with Crippen molar-refractivity contribution in [1.82, 2.24) is 10.3 Å². The van der Waals surface area contributed by atoms with Gasteiger partial charge in [0.25, 0.3) is 0 Å². The van der Waals surface area contributed by atoms with Crippen LogP contribution in [0.5, 0.6) is 0 Å². The molecule has 0 amide bonds. The smallest absolute Gasteiger partial charge is 0.184 e. The van der Waals surface area contributed by atoms with E-state index < -0.39 is 0 Å². The molecule has 0 saturated carbocycles. The number of hydrogen-bond acceptors (Lipinski definition) is 4. The molecule has 1 atom stereocenters. The lowest BCUT2D eigenvalue weighted by atomic mass is 10.1. The number of aromatic nitrogens is 1. The summed E-state index contributed by atoms with van der Waals surface area (Å²) in [5.41, 5.74) is 0. The van der Waals surface area contributed by atoms with Crippen LogP contribution in [0.15, 0.2) is 5.38 Å². The van der Waals surface area contributed by atoms with Gasteiger partial charge in [-0.1, -0.05) is 11.6 Å². The Morgan fingerprint density at radius 1 is 1.50 bits per heavy atom. The molecule has 1 fully saturated rings. The molecule has 1 aromatic heterocycles. The first-order chi connectivity index (χ1) is 6.84. The van der Waals surface area contributed by atoms with Crippen LogP contribution in [0, 0.1) is 0 Å². The Kier molecular flexibility index (Phi) is 3.61. The Hall–Kier alpha value is -0.320. The van der Waals surface area contributed by atoms with Gasteiger partial charge in [0.2, 0.25) is 0 Å². The van der Waals surface area contributed by atoms with Gasteiger partial charge < -0.3 is 10.6 Å². The van der Waals surface area contributed by atoms with E-state index in [1.807, 2.05) is 5.38 Å². The van der Waals surface area contributed by atoms with Gasteiger partial charge in [-0.25, -0.2) is 4.98 Å². The maximum absolute atomic E-state index is 5.76. The van der Waals surface area contributed by atoms with Crippen molar-refractivity contribution in [1.29, 1.82) is 0 Å². The topological polar surface area (TPSA) is 37.0 Å². The third-order valence-corrected chi connectivity index (χ3v) is 3.48. The molecule has 0 aliphatic carbocycles. The molecule has 0 bridgehead atoms. The van der Waals surface area contributed by atoms with Crippen molar-refractivity contribution in [3.05, 3.63) is 10.5 Å². The van der Waals surface area contributed by atoms with E-state index in [1.54, 1.807) is 11.3 Å². The van der Waals surface area contributed by atoms with Gasteiger partial charge in [0.05, 0.1) is 0 Å². The number of nitrogens with zero attached hydrogens (tertiary/aromatic N) is 1. The van der Waals surface area contributed by atoms with Crippen molar-refractivity contribution < 1.29 is 0 Å². The van der Waals surface area contributed by atoms with Crippen LogP contribution in [0.2, 0.25) is 5.15 Å². The van der Waals surface area contributed by atoms with E-state index in [2.05, 4.69) is 15.6 Å². The van der Waals surface area contributed by atoms with E-state index in [0.29, 0.717) is 11.2 Å². The van der Waals surface area contributed by atoms with Gasteiger partial charge >= 0.3 is 0 Å². The fourth-order valence-corrected chi connectivity index (χ4v) is 2.57. The van der Waals surface area contributed by atoms with Crippen molar-refractivity contribution in [3.63, 3.8) is 0 Å². The summed E-state index contributed by atoms with van der Waals surface area (Å²) in [4.78, 5) is 4.19. The van der Waals surface area contributed by atoms with Gasteiger partial charge in [-0.2, -0.15) is 0 Å². The maximum Gasteiger partial charge on any atom is 0.184 e. The standard InChI is InChI=1S/C9H14ClN3S/c10-8-6-14-9(13-8)12-7-2-1-4-11-5-3-7/h6-7,11H,1-5H2,(H,12,13). The molecule has 2 N–H and O–H groups in total. The van der Waals surface area contributed by atoms with E-state index in [9.17, 15) is 0 Å². The molecule has 5 heteroatoms. The van der Waals surface area contributed by atoms with Gasteiger partial charge in [0, 0.05) is 11.4 Å². The maximum atomic E-state index is 5.76. The molecular weight excluding hydrogens is 218 g/mol. The molecule has 1 unspecified atom stereocenters. The van der Waals surface area contributed by atoms with Gasteiger partial charge in [0.15, 0.2) is 5.13 Å². The summed E-state index contributed by atoms with van der Waals surface area (Å²) in [6.45, 7) is 2.23. The molecule has 78 valence electrons. The van der Waals surface area contributed by atoms with Gasteiger partial charge in [-0.3, -0.25) is 0 Å². The molecular formula is C9H14ClN3S. The predicted octanol–water partition coefficient (Wildman–Crippen LogP) is 2.35. The summed E-state index contributed by atoms with van der Waals surface area (Å²) in [6.07, 6.45) is 3.61. The lowest BCUT2D eigenvalue weighted by molar-refractivity contribution is 0.637. The zero-order valence-corrected chi connectivity index (χ0v) is 9.50. The molecule has 3 nitrogen and oxygen atoms in total. The highest BCUT2D eigenvalue weighted by atomic mass is 35.5. The molecule has 1 saturated heterocycles. The van der Waals surface area contributed by atoms with Crippen molar-refractivity contribution in [3.8, 4) is 0 Å². The number of halogens is 1. The Bertz CT molecular complexity index is 281. The van der Waals surface area contributed by atoms with Crippen LogP contribution in [0.25, 0.3) is 0 Å². The fraction of sp³-hybridized carbons (Fsp3) is 0.667. The van der Waals surface area contributed by atoms with Gasteiger partial charge in [-0.05, 0) is 32.4 Å². The minimum atomic E-state index is 0.548. The van der Waals surface area contributed by atoms with Crippen LogP contribution in [0.1, 0.15) is 19.3 Å². The van der Waals surface area contributed by atoms with E-state index in [1.165, 1.54) is 12.8 Å². The summed E-state index contributed by atoms with van der Waals surface area (Å²) in [6, 6.07) is 0.548. The molecule has 1 aliphatic rings. The number of hydrogen-bond donors (Lipinski definition) is 2. The lowest BCUT2D eigenvalue weighted by Crippen LogP contribution is -2.21. The van der Waals surface area contributed by atoms with Crippen LogP contribution in [0.3, 0.4) is 0 Å². The predicted molar refractivity (Wildman–Crippen MR) is 61.3 cm³/mol. The monoisotopic (exact) mass is 231 g/mol. The first-order valence-corrected chi connectivity index (χ1v) is 6.18. The molecule has 1 aromatic rings. The van der Waals surface area contributed by atoms with Crippen molar-refractivity contribution in [2.45, 2.75) is 25.3 Å². The first kappa shape index (κ1) is 10.2. The molecule has 1 aliphatic heterocycles. The summed E-state index contributed by atoms with van der Waals surface area (Å²) in [5.74, 6) is 0. The first-order valence-electron chi connectivity index (χ1n) is 4.93. The van der Waals surface area contributed by atoms with Crippen LogP contribution < -0.4 is 10.6 Å². The third kappa shape index (κ3) is 2.83. The minimum Gasteiger partial charge on any atom is -0.359 e. The Labute approximate surface area is 92.9 Å². The summed E-state index contributed by atoms with van der Waals surface area (Å²) in [7, 11) is 0. The summed E-state index contributed by atoms with van der Waals surface area (Å²) < 4.78 is 0. The quantitative estimate of drug-likeness (QED) is 0.821. The highest BCUT2D eigenvalue weighted by Gasteiger charge is 2.12. The third-order valence-electron chi connectivity index (χ3n) is 2.38. The Morgan fingerprint density at radius 3 is 3.21 bits per heavy atom. The summed E-state index contributed by atoms with van der Waals surface area (Å²) in [5, 5.41) is 10.2. The summed E-state index contributed by atoms with van der Waals surface area (Å²) >= 11 is 7.33. The van der Waals surface area contributed by atoms with Crippen molar-refractivity contribution in [2.24, 2.45) is 0 Å². The van der Waals surface area contributed by atoms with E-state index in [0.717, 1.165) is 24.6 Å². The average Bonchev–Trinajstić information content (AvgIpc) is 2.43. The molecule has 2 heterocycles. The van der Waals surface area contributed by atoms with E-state index >= 15 is 0 Å². The molecule has 0 spiro atoms. The Balaban J connectivity index is 1.89. The normalized spacial score (nSPS) is 23.1. The number of rotatable bonds is 2. The highest BCUT2D eigenvalue weighted by Crippen LogP contribution is 2.21. The lowest BCUT2D eigenvalue weighted by Gasteiger charge is -2.14. The molecule has 0 radical (unpaired) electrons. The Morgan fingerprint density at radius 2 is 2.43 bits per heavy atom. The van der Waals surface area contributed by atoms with Crippen molar-refractivity contribution >= 4 is 28.1 Å². The molecule has 14 heavy (non-hydrogen) atoms. The van der Waals surface area contributed by atoms with Crippen LogP contribution in [-0.4, -0.2) is 24.1 Å². The van der Waals surface area contributed by atoms with Crippen LogP contribution in [0.4, 0.5) is 5.13 Å². The number of anilines is 1. The number of nitrogens with one attached hydrogen (secondary N) is 2. The zero-order valence-electron chi connectivity index (χ0n) is 7.92. The second-order valence-electron chi connectivity index (χ2n) is 3.50. The van der Waals surface area contributed by atoms with Gasteiger partial charge in [-0.15, -0.1) is 11.3 Å². The fourth-order valence-electron chi connectivity index (χ4n) is 1.66. The van der Waals surface area contributed by atoms with E-state index in [-0.39, 0.29) is 0 Å². The van der Waals surface area contributed by atoms with Crippen LogP contribution in [-0.2, 0) is 0 Å². The van der Waals surface area contributed by atoms with Gasteiger partial charge in [0.1, 0.15) is 5.15 Å². The number of thiazole rings is 1. The molecule has 2 rings (SSSR count). The average molecular weight is 232 g/mol. The SMILES string of the molecule is Clc1csc(NC2CCCNCC2)n1. The van der Waals surface area contributed by atoms with E-state index in [4.69, 9.17) is 11.6 Å². The largest absolute Gasteiger partial charge is 0.359 e. The minimum absolute atomic E-state index is 0.548. The second-order valence-corrected chi connectivity index (χ2v) is 4.74. The van der Waals surface area contributed by atoms with Crippen molar-refractivity contribution in [2.75, 3.05) is 18.4 Å². The zero-order chi connectivity index (χ0) is 9.80. The molecule has 0 aromatic carbocycles. The highest BCUT2D eigenvalue weighted by molar-refractivity contribution is 7.14. The van der Waals surface area contributed by atoms with Crippen LogP contribution >= 0.6 is 22.9 Å².